The Morgan fingerprint density at radius 3 is 2.06 bits per heavy atom. The minimum atomic E-state index is -0.515. The van der Waals surface area contributed by atoms with Gasteiger partial charge in [-0.2, -0.15) is 0 Å². The molecule has 0 aliphatic heterocycles. The van der Waals surface area contributed by atoms with Crippen LogP contribution in [0.25, 0.3) is 6.08 Å². The van der Waals surface area contributed by atoms with Crippen LogP contribution in [0.15, 0.2) is 89.8 Å². The number of anilines is 2. The molecule has 4 N–H and O–H groups in total. The maximum absolute atomic E-state index is 12.4. The van der Waals surface area contributed by atoms with Gasteiger partial charge in [0, 0.05) is 27.9 Å². The first kappa shape index (κ1) is 22.8. The molecule has 1 atom stereocenters. The van der Waals surface area contributed by atoms with E-state index in [4.69, 9.17) is 5.73 Å². The van der Waals surface area contributed by atoms with E-state index >= 15 is 0 Å². The molecule has 0 saturated carbocycles. The molecule has 0 aliphatic rings. The molecular weight excluding hydrogens is 422 g/mol. The molecule has 6 nitrogen and oxygen atoms in total. The third kappa shape index (κ3) is 6.85. The van der Waals surface area contributed by atoms with Crippen molar-refractivity contribution >= 4 is 46.9 Å². The predicted octanol–water partition coefficient (Wildman–Crippen LogP) is 4.56. The Hall–Kier alpha value is -3.84. The van der Waals surface area contributed by atoms with E-state index < -0.39 is 5.91 Å². The van der Waals surface area contributed by atoms with Crippen LogP contribution in [0.4, 0.5) is 11.4 Å². The van der Waals surface area contributed by atoms with Gasteiger partial charge in [-0.05, 0) is 67.1 Å². The molecule has 162 valence electrons. The van der Waals surface area contributed by atoms with E-state index in [9.17, 15) is 14.4 Å². The highest BCUT2D eigenvalue weighted by molar-refractivity contribution is 8.00. The van der Waals surface area contributed by atoms with Crippen molar-refractivity contribution in [2.45, 2.75) is 17.1 Å². The van der Waals surface area contributed by atoms with E-state index in [2.05, 4.69) is 10.6 Å². The molecule has 0 radical (unpaired) electrons. The van der Waals surface area contributed by atoms with E-state index in [1.165, 1.54) is 17.8 Å². The van der Waals surface area contributed by atoms with Gasteiger partial charge in [-0.1, -0.05) is 30.3 Å². The third-order valence-corrected chi connectivity index (χ3v) is 5.58. The Labute approximate surface area is 190 Å². The predicted molar refractivity (Wildman–Crippen MR) is 129 cm³/mol. The van der Waals surface area contributed by atoms with Crippen LogP contribution in [-0.2, 0) is 9.59 Å². The molecule has 3 aromatic carbocycles. The average Bonchev–Trinajstić information content (AvgIpc) is 2.80. The van der Waals surface area contributed by atoms with Gasteiger partial charge in [0.25, 0.3) is 0 Å². The number of carbonyl (C=O) groups excluding carboxylic acids is 3. The number of rotatable bonds is 8. The SMILES string of the molecule is CC(Sc1ccc(NC(=O)/C=C/c2ccccc2)cc1)C(=O)Nc1ccc(C(N)=O)cc1. The van der Waals surface area contributed by atoms with Crippen LogP contribution in [0.3, 0.4) is 0 Å². The van der Waals surface area contributed by atoms with E-state index in [1.54, 1.807) is 42.5 Å². The lowest BCUT2D eigenvalue weighted by Gasteiger charge is -2.12. The molecule has 0 heterocycles. The molecule has 0 aromatic heterocycles. The summed E-state index contributed by atoms with van der Waals surface area (Å²) < 4.78 is 0. The van der Waals surface area contributed by atoms with Gasteiger partial charge < -0.3 is 16.4 Å². The number of hydrogen-bond acceptors (Lipinski definition) is 4. The molecular formula is C25H23N3O3S. The van der Waals surface area contributed by atoms with Gasteiger partial charge in [0.15, 0.2) is 0 Å². The van der Waals surface area contributed by atoms with Crippen LogP contribution in [0.5, 0.6) is 0 Å². The van der Waals surface area contributed by atoms with E-state index in [0.717, 1.165) is 10.5 Å². The van der Waals surface area contributed by atoms with Crippen LogP contribution >= 0.6 is 11.8 Å². The van der Waals surface area contributed by atoms with E-state index in [0.29, 0.717) is 16.9 Å². The Morgan fingerprint density at radius 1 is 0.844 bits per heavy atom. The van der Waals surface area contributed by atoms with Crippen LogP contribution in [0.2, 0.25) is 0 Å². The fourth-order valence-electron chi connectivity index (χ4n) is 2.76. The summed E-state index contributed by atoms with van der Waals surface area (Å²) in [6.07, 6.45) is 3.24. The Morgan fingerprint density at radius 2 is 1.44 bits per heavy atom. The normalized spacial score (nSPS) is 11.7. The van der Waals surface area contributed by atoms with Crippen LogP contribution in [-0.4, -0.2) is 23.0 Å². The van der Waals surface area contributed by atoms with Gasteiger partial charge in [-0.3, -0.25) is 14.4 Å². The van der Waals surface area contributed by atoms with Gasteiger partial charge in [-0.15, -0.1) is 11.8 Å². The molecule has 0 aliphatic carbocycles. The van der Waals surface area contributed by atoms with Crippen LogP contribution in [0, 0.1) is 0 Å². The highest BCUT2D eigenvalue weighted by atomic mass is 32.2. The molecule has 1 unspecified atom stereocenters. The second kappa shape index (κ2) is 11.0. The number of nitrogens with two attached hydrogens (primary N) is 1. The lowest BCUT2D eigenvalue weighted by Crippen LogP contribution is -2.22. The highest BCUT2D eigenvalue weighted by Gasteiger charge is 2.15. The summed E-state index contributed by atoms with van der Waals surface area (Å²) in [7, 11) is 0. The van der Waals surface area contributed by atoms with Gasteiger partial charge in [0.1, 0.15) is 0 Å². The zero-order valence-corrected chi connectivity index (χ0v) is 18.3. The molecule has 3 rings (SSSR count). The second-order valence-electron chi connectivity index (χ2n) is 6.95. The number of benzene rings is 3. The molecule has 32 heavy (non-hydrogen) atoms. The monoisotopic (exact) mass is 445 g/mol. The van der Waals surface area contributed by atoms with Gasteiger partial charge >= 0.3 is 0 Å². The lowest BCUT2D eigenvalue weighted by atomic mass is 10.2. The summed E-state index contributed by atoms with van der Waals surface area (Å²) in [5.74, 6) is -0.895. The van der Waals surface area contributed by atoms with Crippen molar-refractivity contribution in [3.8, 4) is 0 Å². The topological polar surface area (TPSA) is 101 Å². The summed E-state index contributed by atoms with van der Waals surface area (Å²) in [4.78, 5) is 36.6. The number of primary amides is 1. The number of carbonyl (C=O) groups is 3. The van der Waals surface area contributed by atoms with Crippen molar-refractivity contribution in [3.05, 3.63) is 96.1 Å². The number of thioether (sulfide) groups is 1. The van der Waals surface area contributed by atoms with Crippen molar-refractivity contribution < 1.29 is 14.4 Å². The van der Waals surface area contributed by atoms with Crippen molar-refractivity contribution in [1.29, 1.82) is 0 Å². The van der Waals surface area contributed by atoms with E-state index in [1.807, 2.05) is 49.4 Å². The quantitative estimate of drug-likeness (QED) is 0.349. The molecule has 0 bridgehead atoms. The van der Waals surface area contributed by atoms with Crippen molar-refractivity contribution in [3.63, 3.8) is 0 Å². The first-order valence-electron chi connectivity index (χ1n) is 9.92. The maximum Gasteiger partial charge on any atom is 0.248 e. The van der Waals surface area contributed by atoms with Gasteiger partial charge in [0.2, 0.25) is 17.7 Å². The van der Waals surface area contributed by atoms with Crippen molar-refractivity contribution in [2.24, 2.45) is 5.73 Å². The first-order chi connectivity index (χ1) is 15.4. The molecule has 7 heteroatoms. The van der Waals surface area contributed by atoms with Crippen molar-refractivity contribution in [2.75, 3.05) is 10.6 Å². The standard InChI is InChI=1S/C25H23N3O3S/c1-17(25(31)28-21-10-8-19(9-11-21)24(26)30)32-22-14-12-20(13-15-22)27-23(29)16-7-18-5-3-2-4-6-18/h2-17H,1H3,(H2,26,30)(H,27,29)(H,28,31)/b16-7+. The molecule has 0 saturated heterocycles. The first-order valence-corrected chi connectivity index (χ1v) is 10.8. The van der Waals surface area contributed by atoms with Gasteiger partial charge in [-0.25, -0.2) is 0 Å². The van der Waals surface area contributed by atoms with Crippen LogP contribution in [0.1, 0.15) is 22.8 Å². The fourth-order valence-corrected chi connectivity index (χ4v) is 3.62. The number of hydrogen-bond donors (Lipinski definition) is 3. The smallest absolute Gasteiger partial charge is 0.248 e. The van der Waals surface area contributed by atoms with Crippen LogP contribution < -0.4 is 16.4 Å². The zero-order valence-electron chi connectivity index (χ0n) is 17.4. The summed E-state index contributed by atoms with van der Waals surface area (Å²) >= 11 is 1.40. The number of nitrogens with one attached hydrogen (secondary N) is 2. The molecule has 0 spiro atoms. The fraction of sp³-hybridized carbons (Fsp3) is 0.0800. The highest BCUT2D eigenvalue weighted by Crippen LogP contribution is 2.25. The summed E-state index contributed by atoms with van der Waals surface area (Å²) in [6, 6.07) is 23.3. The van der Waals surface area contributed by atoms with Crippen molar-refractivity contribution in [1.82, 2.24) is 0 Å². The Balaban J connectivity index is 1.50. The average molecular weight is 446 g/mol. The molecule has 0 fully saturated rings. The Kier molecular flexibility index (Phi) is 7.83. The molecule has 3 amide bonds. The summed E-state index contributed by atoms with van der Waals surface area (Å²) in [5, 5.41) is 5.28. The second-order valence-corrected chi connectivity index (χ2v) is 8.36. The molecule has 3 aromatic rings. The minimum absolute atomic E-state index is 0.162. The number of amides is 3. The minimum Gasteiger partial charge on any atom is -0.366 e. The summed E-state index contributed by atoms with van der Waals surface area (Å²) in [6.45, 7) is 1.81. The van der Waals surface area contributed by atoms with Gasteiger partial charge in [0.05, 0.1) is 5.25 Å². The maximum atomic E-state index is 12.4. The lowest BCUT2D eigenvalue weighted by molar-refractivity contribution is -0.115. The largest absolute Gasteiger partial charge is 0.366 e. The van der Waals surface area contributed by atoms with E-state index in [-0.39, 0.29) is 17.1 Å². The third-order valence-electron chi connectivity index (χ3n) is 4.47. The summed E-state index contributed by atoms with van der Waals surface area (Å²) in [5.41, 5.74) is 7.81. The zero-order chi connectivity index (χ0) is 22.9. The Bertz CT molecular complexity index is 1110.